The number of morpholine rings is 1. The van der Waals surface area contributed by atoms with Crippen molar-refractivity contribution in [1.82, 2.24) is 20.0 Å². The zero-order valence-corrected chi connectivity index (χ0v) is 21.1. The summed E-state index contributed by atoms with van der Waals surface area (Å²) >= 11 is 1.82. The summed E-state index contributed by atoms with van der Waals surface area (Å²) in [7, 11) is 3.54. The fourth-order valence-corrected chi connectivity index (χ4v) is 4.36. The van der Waals surface area contributed by atoms with E-state index in [2.05, 4.69) is 44.4 Å². The SMILES string of the molecule is CN(C)C(=O)CN=C(NCCSc1ccccc1)N1CCC(N2CCOCC2)C1.I. The van der Waals surface area contributed by atoms with Crippen molar-refractivity contribution < 1.29 is 9.53 Å². The van der Waals surface area contributed by atoms with Crippen LogP contribution >= 0.6 is 35.7 Å². The minimum atomic E-state index is 0. The molecule has 1 unspecified atom stereocenters. The minimum Gasteiger partial charge on any atom is -0.379 e. The summed E-state index contributed by atoms with van der Waals surface area (Å²) in [6.45, 7) is 6.57. The fourth-order valence-electron chi connectivity index (χ4n) is 3.57. The lowest BCUT2D eigenvalue weighted by Gasteiger charge is -2.32. The molecule has 1 aromatic carbocycles. The normalized spacial score (nSPS) is 20.0. The van der Waals surface area contributed by atoms with Crippen LogP contribution in [0.3, 0.4) is 0 Å². The molecule has 0 aliphatic carbocycles. The van der Waals surface area contributed by atoms with E-state index in [1.54, 1.807) is 19.0 Å². The maximum Gasteiger partial charge on any atom is 0.243 e. The number of guanidine groups is 1. The van der Waals surface area contributed by atoms with Gasteiger partial charge in [-0.15, -0.1) is 35.7 Å². The van der Waals surface area contributed by atoms with Gasteiger partial charge in [-0.25, -0.2) is 4.99 Å². The molecule has 1 aromatic rings. The number of carbonyl (C=O) groups is 1. The van der Waals surface area contributed by atoms with Crippen LogP contribution in [0.5, 0.6) is 0 Å². The van der Waals surface area contributed by atoms with E-state index in [0.29, 0.717) is 6.04 Å². The molecule has 0 spiro atoms. The highest BCUT2D eigenvalue weighted by molar-refractivity contribution is 14.0. The summed E-state index contributed by atoms with van der Waals surface area (Å²) in [6.07, 6.45) is 1.13. The van der Waals surface area contributed by atoms with E-state index in [1.165, 1.54) is 4.90 Å². The highest BCUT2D eigenvalue weighted by Gasteiger charge is 2.30. The van der Waals surface area contributed by atoms with Gasteiger partial charge in [-0.3, -0.25) is 9.69 Å². The summed E-state index contributed by atoms with van der Waals surface area (Å²) in [6, 6.07) is 10.9. The van der Waals surface area contributed by atoms with Crippen LogP contribution in [0.4, 0.5) is 0 Å². The predicted molar refractivity (Wildman–Crippen MR) is 134 cm³/mol. The van der Waals surface area contributed by atoms with Crippen molar-refractivity contribution in [3.63, 3.8) is 0 Å². The number of hydrogen-bond acceptors (Lipinski definition) is 5. The van der Waals surface area contributed by atoms with Gasteiger partial charge in [-0.1, -0.05) is 18.2 Å². The summed E-state index contributed by atoms with van der Waals surface area (Å²) in [5.41, 5.74) is 0. The molecule has 1 amide bonds. The first-order valence-electron chi connectivity index (χ1n) is 10.4. The number of benzene rings is 1. The Hall–Kier alpha value is -1.04. The average Bonchev–Trinajstić information content (AvgIpc) is 3.24. The van der Waals surface area contributed by atoms with Crippen LogP contribution in [0.15, 0.2) is 40.2 Å². The zero-order valence-electron chi connectivity index (χ0n) is 18.0. The first kappa shape index (κ1) is 25.2. The van der Waals surface area contributed by atoms with E-state index in [0.717, 1.165) is 64.1 Å². The fraction of sp³-hybridized carbons (Fsp3) is 0.619. The number of thioether (sulfide) groups is 1. The van der Waals surface area contributed by atoms with Gasteiger partial charge in [0.1, 0.15) is 6.54 Å². The number of amides is 1. The lowest BCUT2D eigenvalue weighted by atomic mass is 10.2. The summed E-state index contributed by atoms with van der Waals surface area (Å²) in [4.78, 5) is 24.4. The third-order valence-corrected chi connectivity index (χ3v) is 6.30. The second-order valence-corrected chi connectivity index (χ2v) is 8.72. The molecule has 2 fully saturated rings. The Balaban J connectivity index is 0.00000320. The Morgan fingerprint density at radius 1 is 1.23 bits per heavy atom. The highest BCUT2D eigenvalue weighted by Crippen LogP contribution is 2.18. The van der Waals surface area contributed by atoms with Gasteiger partial charge in [-0.2, -0.15) is 0 Å². The number of ether oxygens (including phenoxy) is 1. The number of rotatable bonds is 7. The van der Waals surface area contributed by atoms with Gasteiger partial charge in [0, 0.05) is 63.5 Å². The Morgan fingerprint density at radius 2 is 1.97 bits per heavy atom. The van der Waals surface area contributed by atoms with E-state index in [-0.39, 0.29) is 36.4 Å². The van der Waals surface area contributed by atoms with Crippen molar-refractivity contribution in [1.29, 1.82) is 0 Å². The Bertz CT molecular complexity index is 671. The van der Waals surface area contributed by atoms with Crippen LogP contribution in [0.1, 0.15) is 6.42 Å². The second kappa shape index (κ2) is 13.4. The van der Waals surface area contributed by atoms with Gasteiger partial charge in [0.15, 0.2) is 5.96 Å². The number of carbonyl (C=O) groups excluding carboxylic acids is 1. The number of hydrogen-bond donors (Lipinski definition) is 1. The molecule has 2 saturated heterocycles. The Labute approximate surface area is 201 Å². The van der Waals surface area contributed by atoms with Crippen LogP contribution < -0.4 is 5.32 Å². The number of likely N-dealkylation sites (N-methyl/N-ethyl adjacent to an activating group) is 1. The van der Waals surface area contributed by atoms with Crippen molar-refractivity contribution in [2.24, 2.45) is 4.99 Å². The van der Waals surface area contributed by atoms with E-state index < -0.39 is 0 Å². The van der Waals surface area contributed by atoms with Crippen LogP contribution in [-0.4, -0.2) is 105 Å². The molecule has 3 rings (SSSR count). The lowest BCUT2D eigenvalue weighted by Crippen LogP contribution is -2.47. The highest BCUT2D eigenvalue weighted by atomic mass is 127. The standard InChI is InChI=1S/C21H33N5O2S.HI/c1-24(2)20(27)16-23-21(22-9-15-29-19-6-4-3-5-7-19)26-10-8-18(17-26)25-11-13-28-14-12-25;/h3-7,18H,8-17H2,1-2H3,(H,22,23);1H. The van der Waals surface area contributed by atoms with Crippen LogP contribution in [-0.2, 0) is 9.53 Å². The van der Waals surface area contributed by atoms with Gasteiger partial charge in [0.05, 0.1) is 13.2 Å². The third-order valence-electron chi connectivity index (χ3n) is 5.28. The molecular formula is C21H34IN5O2S. The monoisotopic (exact) mass is 547 g/mol. The van der Waals surface area contributed by atoms with E-state index in [1.807, 2.05) is 17.8 Å². The van der Waals surface area contributed by atoms with E-state index >= 15 is 0 Å². The Kier molecular flexibility index (Phi) is 11.3. The van der Waals surface area contributed by atoms with Crippen molar-refractivity contribution >= 4 is 47.6 Å². The topological polar surface area (TPSA) is 60.4 Å². The molecule has 2 heterocycles. The molecule has 30 heavy (non-hydrogen) atoms. The summed E-state index contributed by atoms with van der Waals surface area (Å²) in [5, 5.41) is 3.49. The first-order valence-corrected chi connectivity index (χ1v) is 11.3. The molecule has 1 N–H and O–H groups in total. The zero-order chi connectivity index (χ0) is 20.5. The number of nitrogens with zero attached hydrogens (tertiary/aromatic N) is 4. The quantitative estimate of drug-likeness (QED) is 0.185. The molecular weight excluding hydrogens is 513 g/mol. The maximum absolute atomic E-state index is 12.0. The van der Waals surface area contributed by atoms with Gasteiger partial charge in [0.25, 0.3) is 0 Å². The minimum absolute atomic E-state index is 0. The first-order chi connectivity index (χ1) is 14.1. The lowest BCUT2D eigenvalue weighted by molar-refractivity contribution is -0.127. The largest absolute Gasteiger partial charge is 0.379 e. The van der Waals surface area contributed by atoms with E-state index in [9.17, 15) is 4.79 Å². The molecule has 2 aliphatic rings. The molecule has 2 aliphatic heterocycles. The maximum atomic E-state index is 12.0. The average molecular weight is 548 g/mol. The van der Waals surface area contributed by atoms with Gasteiger partial charge < -0.3 is 19.9 Å². The van der Waals surface area contributed by atoms with Gasteiger partial charge in [-0.05, 0) is 18.6 Å². The molecule has 7 nitrogen and oxygen atoms in total. The van der Waals surface area contributed by atoms with Gasteiger partial charge in [0.2, 0.25) is 5.91 Å². The number of nitrogens with one attached hydrogen (secondary N) is 1. The van der Waals surface area contributed by atoms with Crippen LogP contribution in [0.2, 0.25) is 0 Å². The third kappa shape index (κ3) is 7.90. The number of likely N-dealkylation sites (tertiary alicyclic amines) is 1. The van der Waals surface area contributed by atoms with Crippen LogP contribution in [0.25, 0.3) is 0 Å². The number of aliphatic imine (C=N–C) groups is 1. The van der Waals surface area contributed by atoms with E-state index in [4.69, 9.17) is 4.74 Å². The molecule has 1 atom stereocenters. The smallest absolute Gasteiger partial charge is 0.243 e. The van der Waals surface area contributed by atoms with Gasteiger partial charge >= 0.3 is 0 Å². The van der Waals surface area contributed by atoms with Crippen LogP contribution in [0, 0.1) is 0 Å². The molecule has 9 heteroatoms. The van der Waals surface area contributed by atoms with Crippen molar-refractivity contribution in [2.75, 3.05) is 72.3 Å². The van der Waals surface area contributed by atoms with Crippen molar-refractivity contribution in [3.8, 4) is 0 Å². The predicted octanol–water partition coefficient (Wildman–Crippen LogP) is 1.84. The molecule has 0 saturated carbocycles. The Morgan fingerprint density at radius 3 is 2.67 bits per heavy atom. The number of halogens is 1. The summed E-state index contributed by atoms with van der Waals surface area (Å²) in [5.74, 6) is 1.82. The molecule has 0 bridgehead atoms. The van der Waals surface area contributed by atoms with Crippen molar-refractivity contribution in [2.45, 2.75) is 17.4 Å². The second-order valence-electron chi connectivity index (χ2n) is 7.55. The van der Waals surface area contributed by atoms with Crippen molar-refractivity contribution in [3.05, 3.63) is 30.3 Å². The summed E-state index contributed by atoms with van der Waals surface area (Å²) < 4.78 is 5.49. The molecule has 0 radical (unpaired) electrons. The molecule has 0 aromatic heterocycles. The molecule has 168 valence electrons.